The van der Waals surface area contributed by atoms with Crippen LogP contribution in [-0.4, -0.2) is 53.0 Å². The summed E-state index contributed by atoms with van der Waals surface area (Å²) in [7, 11) is -9.69. The molecule has 4 rings (SSSR count). The quantitative estimate of drug-likeness (QED) is 0.0529. The summed E-state index contributed by atoms with van der Waals surface area (Å²) in [5, 5.41) is 44.0. The molecule has 4 aromatic carbocycles. The van der Waals surface area contributed by atoms with E-state index in [-0.39, 0.29) is 45.2 Å². The van der Waals surface area contributed by atoms with Crippen molar-refractivity contribution in [2.45, 2.75) is 16.7 Å². The Hall–Kier alpha value is -5.62. The van der Waals surface area contributed by atoms with Gasteiger partial charge in [-0.05, 0) is 78.7 Å². The van der Waals surface area contributed by atoms with E-state index in [0.29, 0.717) is 0 Å². The van der Waals surface area contributed by atoms with Gasteiger partial charge < -0.3 is 15.3 Å². The lowest BCUT2D eigenvalue weighted by molar-refractivity contribution is 0.0693. The van der Waals surface area contributed by atoms with Gasteiger partial charge in [0.25, 0.3) is 20.2 Å². The first-order chi connectivity index (χ1) is 21.5. The van der Waals surface area contributed by atoms with Crippen molar-refractivity contribution in [1.82, 2.24) is 0 Å². The van der Waals surface area contributed by atoms with Gasteiger partial charge in [0.1, 0.15) is 26.9 Å². The van der Waals surface area contributed by atoms with Crippen LogP contribution in [-0.2, 0) is 20.2 Å². The summed E-state index contributed by atoms with van der Waals surface area (Å²) < 4.78 is 68.3. The molecule has 0 aliphatic heterocycles. The molecule has 0 unspecified atom stereocenters. The normalized spacial score (nSPS) is 12.3. The van der Waals surface area contributed by atoms with Crippen molar-refractivity contribution >= 4 is 66.9 Å². The van der Waals surface area contributed by atoms with Gasteiger partial charge in [0.05, 0.1) is 28.3 Å². The Kier molecular flexibility index (Phi) is 9.52. The lowest BCUT2D eigenvalue weighted by Gasteiger charge is -2.06. The number of ketones is 1. The number of azo groups is 2. The number of phenols is 2. The van der Waals surface area contributed by atoms with Crippen LogP contribution in [0, 0.1) is 0 Å². The Morgan fingerprint density at radius 3 is 1.30 bits per heavy atom. The van der Waals surface area contributed by atoms with Gasteiger partial charge in [-0.25, -0.2) is 4.79 Å². The highest BCUT2D eigenvalue weighted by Crippen LogP contribution is 2.31. The standard InChI is InChI=1S/C29H22N4O11S2/c1-16(34)23-12-19(8-10-25(23)35)30-32-21-6-4-17(27(14-21)45(39,40)41)2-3-18-5-7-22(15-28(18)46(42,43)44)33-31-20-9-11-26(36)24(13-20)29(37)38/h2-15,35-36H,1H3,(H,37,38)(H,39,40,41)(H,42,43,44)/b3-2-,32-30?,33-31?. The number of Topliss-reactive ketones (excluding diaryl/α,β-unsaturated/α-hetero) is 1. The molecule has 0 radical (unpaired) electrons. The van der Waals surface area contributed by atoms with Crippen molar-refractivity contribution in [1.29, 1.82) is 0 Å². The zero-order valence-electron chi connectivity index (χ0n) is 23.4. The minimum atomic E-state index is -4.85. The summed E-state index contributed by atoms with van der Waals surface area (Å²) in [6, 6.07) is 14.4. The lowest BCUT2D eigenvalue weighted by Crippen LogP contribution is -2.01. The number of aromatic hydroxyl groups is 2. The van der Waals surface area contributed by atoms with Crippen molar-refractivity contribution in [3.63, 3.8) is 0 Å². The number of hydrogen-bond donors (Lipinski definition) is 5. The number of nitrogens with zero attached hydrogens (tertiary/aromatic N) is 4. The van der Waals surface area contributed by atoms with E-state index < -0.39 is 53.1 Å². The molecule has 5 N–H and O–H groups in total. The maximum atomic E-state index is 12.2. The van der Waals surface area contributed by atoms with Crippen molar-refractivity contribution in [2.24, 2.45) is 20.5 Å². The van der Waals surface area contributed by atoms with Crippen LogP contribution in [0.3, 0.4) is 0 Å². The van der Waals surface area contributed by atoms with Crippen molar-refractivity contribution < 1.29 is 50.8 Å². The molecule has 46 heavy (non-hydrogen) atoms. The average Bonchev–Trinajstić information content (AvgIpc) is 2.98. The first-order valence-corrected chi connectivity index (χ1v) is 15.6. The minimum Gasteiger partial charge on any atom is -0.507 e. The van der Waals surface area contributed by atoms with E-state index in [0.717, 1.165) is 36.4 Å². The fourth-order valence-corrected chi connectivity index (χ4v) is 5.34. The van der Waals surface area contributed by atoms with Crippen molar-refractivity contribution in [2.75, 3.05) is 0 Å². The van der Waals surface area contributed by atoms with E-state index in [1.807, 2.05) is 0 Å². The number of hydrogen-bond acceptors (Lipinski definition) is 12. The molecule has 0 heterocycles. The average molecular weight is 667 g/mol. The highest BCUT2D eigenvalue weighted by Gasteiger charge is 2.18. The maximum absolute atomic E-state index is 12.2. The fraction of sp³-hybridized carbons (Fsp3) is 0.0345. The number of carboxylic acids is 1. The van der Waals surface area contributed by atoms with Crippen LogP contribution in [0.15, 0.2) is 103 Å². The second-order valence-electron chi connectivity index (χ2n) is 9.39. The number of benzene rings is 4. The molecule has 0 aromatic heterocycles. The zero-order chi connectivity index (χ0) is 33.8. The second kappa shape index (κ2) is 13.2. The summed E-state index contributed by atoms with van der Waals surface area (Å²) in [4.78, 5) is 21.6. The molecule has 17 heteroatoms. The molecule has 236 valence electrons. The van der Waals surface area contributed by atoms with Gasteiger partial charge >= 0.3 is 5.97 Å². The van der Waals surface area contributed by atoms with E-state index in [1.165, 1.54) is 55.5 Å². The lowest BCUT2D eigenvalue weighted by atomic mass is 10.1. The predicted octanol–water partition coefficient (Wildman–Crippen LogP) is 6.49. The number of aromatic carboxylic acids is 1. The first kappa shape index (κ1) is 33.3. The molecule has 0 spiro atoms. The highest BCUT2D eigenvalue weighted by atomic mass is 32.2. The van der Waals surface area contributed by atoms with E-state index in [4.69, 9.17) is 5.11 Å². The Morgan fingerprint density at radius 1 is 0.587 bits per heavy atom. The molecule has 0 fully saturated rings. The van der Waals surface area contributed by atoms with E-state index >= 15 is 0 Å². The molecule has 0 saturated heterocycles. The van der Waals surface area contributed by atoms with Crippen LogP contribution in [0.5, 0.6) is 11.5 Å². The van der Waals surface area contributed by atoms with Gasteiger partial charge in [-0.3, -0.25) is 13.9 Å². The van der Waals surface area contributed by atoms with Crippen LogP contribution in [0.1, 0.15) is 38.8 Å². The van der Waals surface area contributed by atoms with E-state index in [1.54, 1.807) is 0 Å². The first-order valence-electron chi connectivity index (χ1n) is 12.7. The molecule has 0 saturated carbocycles. The van der Waals surface area contributed by atoms with E-state index in [9.17, 15) is 45.7 Å². The molecule has 0 aliphatic rings. The fourth-order valence-electron chi connectivity index (χ4n) is 3.93. The SMILES string of the molecule is CC(=O)c1cc(N=Nc2ccc(/C=C\c3ccc(N=Nc4ccc(O)c(C(=O)O)c4)cc3S(=O)(=O)O)c(S(=O)(=O)O)c2)ccc1O. The Balaban J connectivity index is 1.66. The Morgan fingerprint density at radius 2 is 0.935 bits per heavy atom. The summed E-state index contributed by atoms with van der Waals surface area (Å²) in [5.41, 5.74) is -0.494. The van der Waals surface area contributed by atoms with Crippen LogP contribution < -0.4 is 0 Å². The molecule has 0 atom stereocenters. The third-order valence-corrected chi connectivity index (χ3v) is 7.94. The zero-order valence-corrected chi connectivity index (χ0v) is 25.0. The molecule has 15 nitrogen and oxygen atoms in total. The number of carbonyl (C=O) groups excluding carboxylic acids is 1. The predicted molar refractivity (Wildman–Crippen MR) is 163 cm³/mol. The van der Waals surface area contributed by atoms with Crippen LogP contribution in [0.25, 0.3) is 12.2 Å². The third kappa shape index (κ3) is 8.10. The van der Waals surface area contributed by atoms with Gasteiger partial charge in [0.15, 0.2) is 5.78 Å². The van der Waals surface area contributed by atoms with Crippen molar-refractivity contribution in [3.8, 4) is 11.5 Å². The molecular formula is C29H22N4O11S2. The molecule has 0 aliphatic carbocycles. The highest BCUT2D eigenvalue weighted by molar-refractivity contribution is 7.86. The monoisotopic (exact) mass is 666 g/mol. The molecular weight excluding hydrogens is 644 g/mol. The van der Waals surface area contributed by atoms with Crippen LogP contribution >= 0.6 is 0 Å². The summed E-state index contributed by atoms with van der Waals surface area (Å²) in [6.07, 6.45) is 2.33. The minimum absolute atomic E-state index is 0.00240. The van der Waals surface area contributed by atoms with Crippen LogP contribution in [0.2, 0.25) is 0 Å². The van der Waals surface area contributed by atoms with Crippen LogP contribution in [0.4, 0.5) is 22.7 Å². The summed E-state index contributed by atoms with van der Waals surface area (Å²) in [5.74, 6) is -2.57. The topological polar surface area (TPSA) is 253 Å². The van der Waals surface area contributed by atoms with Gasteiger partial charge in [-0.15, -0.1) is 0 Å². The smallest absolute Gasteiger partial charge is 0.339 e. The number of phenolic OH excluding ortho intramolecular Hbond substituents is 1. The van der Waals surface area contributed by atoms with Gasteiger partial charge in [-0.1, -0.05) is 24.3 Å². The summed E-state index contributed by atoms with van der Waals surface area (Å²) in [6.45, 7) is 1.25. The van der Waals surface area contributed by atoms with Gasteiger partial charge in [0, 0.05) is 0 Å². The van der Waals surface area contributed by atoms with E-state index in [2.05, 4.69) is 20.5 Å². The third-order valence-electron chi connectivity index (χ3n) is 6.12. The maximum Gasteiger partial charge on any atom is 0.339 e. The Labute approximate surface area is 261 Å². The van der Waals surface area contributed by atoms with Gasteiger partial charge in [0.2, 0.25) is 0 Å². The molecule has 0 bridgehead atoms. The van der Waals surface area contributed by atoms with Gasteiger partial charge in [-0.2, -0.15) is 37.3 Å². The van der Waals surface area contributed by atoms with Crippen molar-refractivity contribution in [3.05, 3.63) is 95.1 Å². The summed E-state index contributed by atoms with van der Waals surface area (Å²) >= 11 is 0. The number of carboxylic acid groups (broad SMARTS) is 1. The second-order valence-corrected chi connectivity index (χ2v) is 12.2. The number of rotatable bonds is 10. The largest absolute Gasteiger partial charge is 0.507 e. The number of carbonyl (C=O) groups is 2. The Bertz CT molecular complexity index is 2040. The molecule has 4 aromatic rings. The molecule has 0 amide bonds.